The van der Waals surface area contributed by atoms with Crippen LogP contribution < -0.4 is 4.90 Å². The highest BCUT2D eigenvalue weighted by Crippen LogP contribution is 2.14. The van der Waals surface area contributed by atoms with E-state index in [4.69, 9.17) is 5.11 Å². The summed E-state index contributed by atoms with van der Waals surface area (Å²) >= 11 is 0. The summed E-state index contributed by atoms with van der Waals surface area (Å²) in [5.74, 6) is 5.21. The van der Waals surface area contributed by atoms with Gasteiger partial charge in [-0.25, -0.2) is 0 Å². The molecule has 0 aliphatic heterocycles. The highest BCUT2D eigenvalue weighted by atomic mass is 16.4. The minimum absolute atomic E-state index is 0.0630. The van der Waals surface area contributed by atoms with Crippen molar-refractivity contribution < 1.29 is 9.90 Å². The largest absolute Gasteiger partial charge is 0.480 e. The molecule has 0 spiro atoms. The van der Waals surface area contributed by atoms with E-state index < -0.39 is 5.97 Å². The molecule has 0 aliphatic rings. The topological polar surface area (TPSA) is 40.5 Å². The third kappa shape index (κ3) is 4.70. The van der Waals surface area contributed by atoms with Crippen LogP contribution in [0.1, 0.15) is 11.1 Å². The van der Waals surface area contributed by atoms with Gasteiger partial charge < -0.3 is 10.0 Å². The minimum atomic E-state index is -0.864. The van der Waals surface area contributed by atoms with Gasteiger partial charge in [0.05, 0.1) is 6.54 Å². The summed E-state index contributed by atoms with van der Waals surface area (Å²) in [6.45, 7) is 2.32. The molecule has 0 saturated heterocycles. The number of anilines is 1. The zero-order valence-corrected chi connectivity index (χ0v) is 11.9. The maximum atomic E-state index is 11.0. The van der Waals surface area contributed by atoms with Gasteiger partial charge in [-0.05, 0) is 31.2 Å². The maximum absolute atomic E-state index is 11.0. The Morgan fingerprint density at radius 1 is 1.10 bits per heavy atom. The van der Waals surface area contributed by atoms with Crippen LogP contribution in [-0.2, 0) is 4.79 Å². The first-order valence-electron chi connectivity index (χ1n) is 6.72. The van der Waals surface area contributed by atoms with E-state index in [1.165, 1.54) is 0 Å². The summed E-state index contributed by atoms with van der Waals surface area (Å²) < 4.78 is 0. The number of carboxylic acids is 1. The molecule has 0 amide bonds. The fraction of sp³-hybridized carbons (Fsp3) is 0.167. The predicted molar refractivity (Wildman–Crippen MR) is 84.3 cm³/mol. The number of carboxylic acid groups (broad SMARTS) is 1. The zero-order chi connectivity index (χ0) is 15.1. The molecular formula is C18H17NO2. The first-order valence-corrected chi connectivity index (χ1v) is 6.72. The number of nitrogens with zero attached hydrogens (tertiary/aromatic N) is 1. The number of hydrogen-bond acceptors (Lipinski definition) is 2. The third-order valence-electron chi connectivity index (χ3n) is 3.00. The van der Waals surface area contributed by atoms with Gasteiger partial charge in [-0.15, -0.1) is 0 Å². The van der Waals surface area contributed by atoms with Gasteiger partial charge in [0, 0.05) is 11.3 Å². The molecule has 0 atom stereocenters. The van der Waals surface area contributed by atoms with E-state index in [0.29, 0.717) is 6.54 Å². The molecule has 106 valence electrons. The maximum Gasteiger partial charge on any atom is 0.323 e. The van der Waals surface area contributed by atoms with Crippen LogP contribution in [0.5, 0.6) is 0 Å². The van der Waals surface area contributed by atoms with Crippen LogP contribution in [0.2, 0.25) is 0 Å². The number of aryl methyl sites for hydroxylation is 1. The van der Waals surface area contributed by atoms with E-state index in [-0.39, 0.29) is 6.54 Å². The average molecular weight is 279 g/mol. The van der Waals surface area contributed by atoms with E-state index in [9.17, 15) is 4.79 Å². The Morgan fingerprint density at radius 2 is 1.76 bits per heavy atom. The SMILES string of the molecule is Cc1ccc(N(CC#Cc2ccccc2)CC(=O)O)cc1. The van der Waals surface area contributed by atoms with Crippen LogP contribution >= 0.6 is 0 Å². The molecule has 1 N–H and O–H groups in total. The highest BCUT2D eigenvalue weighted by Gasteiger charge is 2.08. The lowest BCUT2D eigenvalue weighted by Gasteiger charge is -2.20. The Balaban J connectivity index is 2.12. The molecule has 3 nitrogen and oxygen atoms in total. The van der Waals surface area contributed by atoms with E-state index in [1.807, 2.05) is 61.5 Å². The molecule has 0 aliphatic carbocycles. The fourth-order valence-electron chi connectivity index (χ4n) is 1.92. The summed E-state index contributed by atoms with van der Waals surface area (Å²) in [6, 6.07) is 17.4. The Morgan fingerprint density at radius 3 is 2.38 bits per heavy atom. The van der Waals surface area contributed by atoms with E-state index in [1.54, 1.807) is 4.90 Å². The monoisotopic (exact) mass is 279 g/mol. The lowest BCUT2D eigenvalue weighted by molar-refractivity contribution is -0.135. The van der Waals surface area contributed by atoms with Crippen LogP contribution in [0.15, 0.2) is 54.6 Å². The molecule has 2 aromatic carbocycles. The Bertz CT molecular complexity index is 651. The van der Waals surface area contributed by atoms with Crippen LogP contribution in [0.4, 0.5) is 5.69 Å². The van der Waals surface area contributed by atoms with Gasteiger partial charge in [0.1, 0.15) is 6.54 Å². The van der Waals surface area contributed by atoms with Crippen molar-refractivity contribution in [1.82, 2.24) is 0 Å². The van der Waals surface area contributed by atoms with Crippen molar-refractivity contribution in [3.8, 4) is 11.8 Å². The van der Waals surface area contributed by atoms with Crippen molar-refractivity contribution in [2.24, 2.45) is 0 Å². The molecule has 0 radical (unpaired) electrons. The van der Waals surface area contributed by atoms with Crippen LogP contribution in [0.25, 0.3) is 0 Å². The van der Waals surface area contributed by atoms with E-state index in [2.05, 4.69) is 11.8 Å². The molecule has 0 bridgehead atoms. The van der Waals surface area contributed by atoms with Gasteiger partial charge in [0.2, 0.25) is 0 Å². The molecule has 0 heterocycles. The first-order chi connectivity index (χ1) is 10.1. The van der Waals surface area contributed by atoms with E-state index in [0.717, 1.165) is 16.8 Å². The summed E-state index contributed by atoms with van der Waals surface area (Å²) in [5.41, 5.74) is 2.94. The van der Waals surface area contributed by atoms with Crippen LogP contribution in [-0.4, -0.2) is 24.2 Å². The lowest BCUT2D eigenvalue weighted by Crippen LogP contribution is -2.30. The number of hydrogen-bond donors (Lipinski definition) is 1. The molecule has 2 aromatic rings. The lowest BCUT2D eigenvalue weighted by atomic mass is 10.2. The Kier molecular flexibility index (Phi) is 5.00. The quantitative estimate of drug-likeness (QED) is 0.875. The summed E-state index contributed by atoms with van der Waals surface area (Å²) in [4.78, 5) is 12.7. The van der Waals surface area contributed by atoms with Gasteiger partial charge >= 0.3 is 5.97 Å². The zero-order valence-electron chi connectivity index (χ0n) is 11.9. The van der Waals surface area contributed by atoms with Crippen molar-refractivity contribution in [2.45, 2.75) is 6.92 Å². The average Bonchev–Trinajstić information content (AvgIpc) is 2.48. The molecule has 2 rings (SSSR count). The molecular weight excluding hydrogens is 262 g/mol. The second-order valence-corrected chi connectivity index (χ2v) is 4.75. The molecule has 3 heteroatoms. The van der Waals surface area contributed by atoms with Gasteiger partial charge in [-0.1, -0.05) is 47.7 Å². The standard InChI is InChI=1S/C18H17NO2/c1-15-9-11-17(12-10-15)19(14-18(20)21)13-5-8-16-6-3-2-4-7-16/h2-4,6-7,9-12H,13-14H2,1H3,(H,20,21). The molecule has 0 fully saturated rings. The number of aliphatic carboxylic acids is 1. The van der Waals surface area contributed by atoms with Crippen molar-refractivity contribution in [3.63, 3.8) is 0 Å². The number of rotatable bonds is 4. The fourth-order valence-corrected chi connectivity index (χ4v) is 1.92. The number of benzene rings is 2. The highest BCUT2D eigenvalue weighted by molar-refractivity contribution is 5.74. The van der Waals surface area contributed by atoms with Crippen LogP contribution in [0.3, 0.4) is 0 Å². The van der Waals surface area contributed by atoms with Crippen molar-refractivity contribution in [3.05, 3.63) is 65.7 Å². The van der Waals surface area contributed by atoms with Crippen molar-refractivity contribution >= 4 is 11.7 Å². The van der Waals surface area contributed by atoms with Crippen molar-refractivity contribution in [1.29, 1.82) is 0 Å². The van der Waals surface area contributed by atoms with Gasteiger partial charge in [-0.3, -0.25) is 4.79 Å². The van der Waals surface area contributed by atoms with Gasteiger partial charge in [0.15, 0.2) is 0 Å². The Labute approximate surface area is 124 Å². The molecule has 0 unspecified atom stereocenters. The minimum Gasteiger partial charge on any atom is -0.480 e. The number of carbonyl (C=O) groups is 1. The van der Waals surface area contributed by atoms with Crippen LogP contribution in [0, 0.1) is 18.8 Å². The van der Waals surface area contributed by atoms with Gasteiger partial charge in [-0.2, -0.15) is 0 Å². The first kappa shape index (κ1) is 14.7. The Hall–Kier alpha value is -2.73. The summed E-state index contributed by atoms with van der Waals surface area (Å²) in [7, 11) is 0. The van der Waals surface area contributed by atoms with Gasteiger partial charge in [0.25, 0.3) is 0 Å². The van der Waals surface area contributed by atoms with Crippen molar-refractivity contribution in [2.75, 3.05) is 18.0 Å². The van der Waals surface area contributed by atoms with E-state index >= 15 is 0 Å². The molecule has 21 heavy (non-hydrogen) atoms. The third-order valence-corrected chi connectivity index (χ3v) is 3.00. The summed E-state index contributed by atoms with van der Waals surface area (Å²) in [6.07, 6.45) is 0. The second-order valence-electron chi connectivity index (χ2n) is 4.75. The smallest absolute Gasteiger partial charge is 0.323 e. The second kappa shape index (κ2) is 7.16. The molecule has 0 saturated carbocycles. The predicted octanol–water partition coefficient (Wildman–Crippen LogP) is 2.94. The molecule has 0 aromatic heterocycles. The normalized spacial score (nSPS) is 9.57. The summed E-state index contributed by atoms with van der Waals surface area (Å²) in [5, 5.41) is 9.03.